The molecule has 0 spiro atoms. The first-order valence-corrected chi connectivity index (χ1v) is 9.21. The molecule has 0 bridgehead atoms. The Morgan fingerprint density at radius 1 is 0.931 bits per heavy atom. The van der Waals surface area contributed by atoms with Crippen LogP contribution in [0.1, 0.15) is 43.1 Å². The van der Waals surface area contributed by atoms with Crippen LogP contribution in [0.4, 0.5) is 10.1 Å². The molecule has 0 radical (unpaired) electrons. The van der Waals surface area contributed by atoms with Crippen LogP contribution in [0.25, 0.3) is 0 Å². The van der Waals surface area contributed by atoms with E-state index in [1.165, 1.54) is 24.4 Å². The maximum absolute atomic E-state index is 13.0. The number of amides is 2. The predicted octanol–water partition coefficient (Wildman–Crippen LogP) is 4.33. The lowest BCUT2D eigenvalue weighted by molar-refractivity contribution is 0.0946. The summed E-state index contributed by atoms with van der Waals surface area (Å²) in [7, 11) is 0. The van der Waals surface area contributed by atoms with Crippen molar-refractivity contribution < 1.29 is 14.0 Å². The minimum absolute atomic E-state index is 0.136. The smallest absolute Gasteiger partial charge is 0.270 e. The molecule has 2 amide bonds. The topological polar surface area (TPSA) is 71.1 Å². The summed E-state index contributed by atoms with van der Waals surface area (Å²) in [5.41, 5.74) is 5.08. The van der Waals surface area contributed by atoms with Crippen LogP contribution in [0.15, 0.2) is 54.7 Å². The van der Waals surface area contributed by atoms with E-state index in [1.54, 1.807) is 18.2 Å². The van der Waals surface area contributed by atoms with Crippen molar-refractivity contribution in [1.29, 1.82) is 0 Å². The Balaban J connectivity index is 1.70. The third-order valence-electron chi connectivity index (χ3n) is 4.54. The third kappa shape index (κ3) is 5.04. The Morgan fingerprint density at radius 3 is 2.24 bits per heavy atom. The van der Waals surface area contributed by atoms with Gasteiger partial charge in [-0.2, -0.15) is 0 Å². The van der Waals surface area contributed by atoms with Crippen LogP contribution in [0, 0.1) is 26.6 Å². The summed E-state index contributed by atoms with van der Waals surface area (Å²) in [5.74, 6) is -1.05. The first-order valence-electron chi connectivity index (χ1n) is 9.21. The van der Waals surface area contributed by atoms with Crippen molar-refractivity contribution in [3.8, 4) is 0 Å². The van der Waals surface area contributed by atoms with Gasteiger partial charge in [-0.1, -0.05) is 29.8 Å². The molecular weight excluding hydrogens is 369 g/mol. The van der Waals surface area contributed by atoms with Crippen LogP contribution < -0.4 is 10.6 Å². The van der Waals surface area contributed by atoms with E-state index in [0.717, 1.165) is 27.9 Å². The van der Waals surface area contributed by atoms with E-state index in [1.807, 2.05) is 32.9 Å². The molecule has 1 heterocycles. The van der Waals surface area contributed by atoms with Crippen LogP contribution in [0.3, 0.4) is 0 Å². The lowest BCUT2D eigenvalue weighted by Gasteiger charge is -2.13. The SMILES string of the molecule is Cc1cc(C)c(NC(=O)c2ccnc(C(=O)NCc3ccc(F)cc3)c2)c(C)c1. The molecule has 6 heteroatoms. The number of carbonyl (C=O) groups excluding carboxylic acids is 2. The average molecular weight is 391 g/mol. The number of carbonyl (C=O) groups is 2. The largest absolute Gasteiger partial charge is 0.347 e. The Labute approximate surface area is 169 Å². The van der Waals surface area contributed by atoms with Gasteiger partial charge in [0.15, 0.2) is 0 Å². The fraction of sp³-hybridized carbons (Fsp3) is 0.174. The number of nitrogens with zero attached hydrogens (tertiary/aromatic N) is 1. The number of halogens is 1. The van der Waals surface area contributed by atoms with Crippen molar-refractivity contribution in [2.45, 2.75) is 27.3 Å². The highest BCUT2D eigenvalue weighted by molar-refractivity contribution is 6.06. The molecule has 3 rings (SSSR count). The van der Waals surface area contributed by atoms with Gasteiger partial charge in [-0.25, -0.2) is 4.39 Å². The molecule has 0 aliphatic rings. The lowest BCUT2D eigenvalue weighted by atomic mass is 10.0. The van der Waals surface area contributed by atoms with Crippen LogP contribution in [0.2, 0.25) is 0 Å². The van der Waals surface area contributed by atoms with E-state index >= 15 is 0 Å². The molecule has 0 aliphatic carbocycles. The summed E-state index contributed by atoms with van der Waals surface area (Å²) in [6, 6.07) is 12.9. The lowest BCUT2D eigenvalue weighted by Crippen LogP contribution is -2.24. The number of pyridine rings is 1. The molecule has 1 aromatic heterocycles. The molecule has 5 nitrogen and oxygen atoms in total. The second kappa shape index (κ2) is 8.65. The van der Waals surface area contributed by atoms with Crippen molar-refractivity contribution >= 4 is 17.5 Å². The van der Waals surface area contributed by atoms with Gasteiger partial charge in [0.05, 0.1) is 0 Å². The molecule has 148 valence electrons. The normalized spacial score (nSPS) is 10.5. The fourth-order valence-corrected chi connectivity index (χ4v) is 3.13. The quantitative estimate of drug-likeness (QED) is 0.680. The molecule has 2 aromatic carbocycles. The number of nitrogens with one attached hydrogen (secondary N) is 2. The number of rotatable bonds is 5. The fourth-order valence-electron chi connectivity index (χ4n) is 3.13. The molecular formula is C23H22FN3O2. The molecule has 0 saturated carbocycles. The molecule has 2 N–H and O–H groups in total. The third-order valence-corrected chi connectivity index (χ3v) is 4.54. The minimum Gasteiger partial charge on any atom is -0.347 e. The second-order valence-corrected chi connectivity index (χ2v) is 6.97. The van der Waals surface area contributed by atoms with Crippen LogP contribution >= 0.6 is 0 Å². The van der Waals surface area contributed by atoms with Crippen molar-refractivity contribution in [3.63, 3.8) is 0 Å². The van der Waals surface area contributed by atoms with E-state index in [-0.39, 0.29) is 24.0 Å². The van der Waals surface area contributed by atoms with Gasteiger partial charge >= 0.3 is 0 Å². The summed E-state index contributed by atoms with van der Waals surface area (Å²) in [4.78, 5) is 29.1. The monoisotopic (exact) mass is 391 g/mol. The summed E-state index contributed by atoms with van der Waals surface area (Å²) < 4.78 is 13.0. The molecule has 0 unspecified atom stereocenters. The van der Waals surface area contributed by atoms with Gasteiger partial charge in [0.2, 0.25) is 0 Å². The van der Waals surface area contributed by atoms with Gasteiger partial charge in [0.25, 0.3) is 11.8 Å². The highest BCUT2D eigenvalue weighted by Crippen LogP contribution is 2.22. The van der Waals surface area contributed by atoms with Crippen LogP contribution in [0.5, 0.6) is 0 Å². The zero-order chi connectivity index (χ0) is 21.0. The van der Waals surface area contributed by atoms with Gasteiger partial charge in [-0.15, -0.1) is 0 Å². The van der Waals surface area contributed by atoms with E-state index in [0.29, 0.717) is 5.56 Å². The molecule has 29 heavy (non-hydrogen) atoms. The van der Waals surface area contributed by atoms with Crippen molar-refractivity contribution in [2.75, 3.05) is 5.32 Å². The average Bonchev–Trinajstić information content (AvgIpc) is 2.70. The van der Waals surface area contributed by atoms with E-state index in [2.05, 4.69) is 15.6 Å². The minimum atomic E-state index is -0.410. The molecule has 0 aliphatic heterocycles. The van der Waals surface area contributed by atoms with Gasteiger partial charge < -0.3 is 10.6 Å². The molecule has 3 aromatic rings. The maximum Gasteiger partial charge on any atom is 0.270 e. The second-order valence-electron chi connectivity index (χ2n) is 6.97. The van der Waals surface area contributed by atoms with Gasteiger partial charge in [-0.05, 0) is 61.7 Å². The summed E-state index contributed by atoms with van der Waals surface area (Å²) in [6.45, 7) is 6.12. The van der Waals surface area contributed by atoms with Gasteiger partial charge in [0.1, 0.15) is 11.5 Å². The Kier molecular flexibility index (Phi) is 6.02. The van der Waals surface area contributed by atoms with Gasteiger partial charge in [0, 0.05) is 24.0 Å². The number of aryl methyl sites for hydroxylation is 3. The van der Waals surface area contributed by atoms with Crippen LogP contribution in [-0.4, -0.2) is 16.8 Å². The van der Waals surface area contributed by atoms with Crippen LogP contribution in [-0.2, 0) is 6.54 Å². The van der Waals surface area contributed by atoms with E-state index < -0.39 is 5.91 Å². The number of anilines is 1. The van der Waals surface area contributed by atoms with E-state index in [9.17, 15) is 14.0 Å². The summed E-state index contributed by atoms with van der Waals surface area (Å²) in [6.07, 6.45) is 1.43. The maximum atomic E-state index is 13.0. The standard InChI is InChI=1S/C23H22FN3O2/c1-14-10-15(2)21(16(3)11-14)27-22(28)18-8-9-25-20(12-18)23(29)26-13-17-4-6-19(24)7-5-17/h4-12H,13H2,1-3H3,(H,26,29)(H,27,28). The highest BCUT2D eigenvalue weighted by Gasteiger charge is 2.14. The molecule has 0 atom stereocenters. The molecule has 0 fully saturated rings. The summed E-state index contributed by atoms with van der Waals surface area (Å²) in [5, 5.41) is 5.64. The number of benzene rings is 2. The van der Waals surface area contributed by atoms with Gasteiger partial charge in [-0.3, -0.25) is 14.6 Å². The number of aromatic nitrogens is 1. The first kappa shape index (κ1) is 20.2. The molecule has 0 saturated heterocycles. The summed E-state index contributed by atoms with van der Waals surface area (Å²) >= 11 is 0. The number of hydrogen-bond acceptors (Lipinski definition) is 3. The Bertz CT molecular complexity index is 1040. The van der Waals surface area contributed by atoms with Crippen molar-refractivity contribution in [3.05, 3.63) is 94.1 Å². The zero-order valence-corrected chi connectivity index (χ0v) is 16.5. The predicted molar refractivity (Wildman–Crippen MR) is 110 cm³/mol. The first-order chi connectivity index (χ1) is 13.8. The Hall–Kier alpha value is -3.54. The highest BCUT2D eigenvalue weighted by atomic mass is 19.1. The van der Waals surface area contributed by atoms with E-state index in [4.69, 9.17) is 0 Å². The van der Waals surface area contributed by atoms with Crippen molar-refractivity contribution in [1.82, 2.24) is 10.3 Å². The zero-order valence-electron chi connectivity index (χ0n) is 16.5. The number of hydrogen-bond donors (Lipinski definition) is 2. The van der Waals surface area contributed by atoms with Crippen molar-refractivity contribution in [2.24, 2.45) is 0 Å². The Morgan fingerprint density at radius 2 is 1.59 bits per heavy atom.